The molecule has 1 heterocycles. The van der Waals surface area contributed by atoms with E-state index in [1.54, 1.807) is 12.3 Å². The molecule has 1 amide bonds. The van der Waals surface area contributed by atoms with Gasteiger partial charge in [0.15, 0.2) is 0 Å². The van der Waals surface area contributed by atoms with Gasteiger partial charge in [0.05, 0.1) is 17.6 Å². The normalized spacial score (nSPS) is 10.3. The van der Waals surface area contributed by atoms with Crippen molar-refractivity contribution >= 4 is 33.2 Å². The molecule has 0 atom stereocenters. The van der Waals surface area contributed by atoms with Gasteiger partial charge >= 0.3 is 0 Å². The van der Waals surface area contributed by atoms with Crippen molar-refractivity contribution < 1.29 is 4.79 Å². The van der Waals surface area contributed by atoms with Gasteiger partial charge in [0, 0.05) is 11.0 Å². The van der Waals surface area contributed by atoms with Gasteiger partial charge in [0.1, 0.15) is 5.69 Å². The molecule has 0 radical (unpaired) electrons. The smallest absolute Gasteiger partial charge is 0.274 e. The number of nitrogens with zero attached hydrogens (tertiary/aromatic N) is 1. The second kappa shape index (κ2) is 7.94. The van der Waals surface area contributed by atoms with E-state index >= 15 is 0 Å². The largest absolute Gasteiger partial charge is 0.380 e. The highest BCUT2D eigenvalue weighted by Crippen LogP contribution is 2.21. The van der Waals surface area contributed by atoms with E-state index in [2.05, 4.69) is 56.7 Å². The van der Waals surface area contributed by atoms with Crippen molar-refractivity contribution in [3.05, 3.63) is 88.2 Å². The maximum absolute atomic E-state index is 12.3. The maximum Gasteiger partial charge on any atom is 0.274 e. The van der Waals surface area contributed by atoms with Gasteiger partial charge in [-0.05, 0) is 52.7 Å². The second-order valence-electron chi connectivity index (χ2n) is 5.71. The molecule has 0 bridgehead atoms. The van der Waals surface area contributed by atoms with E-state index in [0.717, 1.165) is 15.8 Å². The predicted molar refractivity (Wildman–Crippen MR) is 105 cm³/mol. The van der Waals surface area contributed by atoms with E-state index in [1.807, 2.05) is 36.4 Å². The van der Waals surface area contributed by atoms with E-state index in [4.69, 9.17) is 0 Å². The van der Waals surface area contributed by atoms with Crippen LogP contribution in [0.4, 0.5) is 11.4 Å². The Bertz CT molecular complexity index is 878. The topological polar surface area (TPSA) is 54.0 Å². The Morgan fingerprint density at radius 3 is 2.64 bits per heavy atom. The molecular weight excluding hydrogens is 378 g/mol. The van der Waals surface area contributed by atoms with Crippen molar-refractivity contribution in [2.75, 3.05) is 10.6 Å². The molecular formula is C20H18BrN3O. The molecule has 0 aliphatic heterocycles. The number of pyridine rings is 1. The third kappa shape index (κ3) is 4.67. The summed E-state index contributed by atoms with van der Waals surface area (Å²) < 4.78 is 0.833. The first-order valence-electron chi connectivity index (χ1n) is 7.93. The van der Waals surface area contributed by atoms with Crippen LogP contribution in [-0.4, -0.2) is 10.9 Å². The zero-order chi connectivity index (χ0) is 17.6. The number of nitrogens with one attached hydrogen (secondary N) is 2. The minimum Gasteiger partial charge on any atom is -0.380 e. The van der Waals surface area contributed by atoms with Crippen LogP contribution in [0.5, 0.6) is 0 Å². The van der Waals surface area contributed by atoms with Gasteiger partial charge in [-0.3, -0.25) is 4.79 Å². The third-order valence-corrected chi connectivity index (χ3v) is 4.39. The summed E-state index contributed by atoms with van der Waals surface area (Å²) in [5, 5.41) is 6.15. The summed E-state index contributed by atoms with van der Waals surface area (Å²) in [6.45, 7) is 2.79. The first-order valence-corrected chi connectivity index (χ1v) is 8.72. The van der Waals surface area contributed by atoms with E-state index in [0.29, 0.717) is 12.2 Å². The molecule has 0 fully saturated rings. The standard InChI is InChI=1S/C20H18BrN3O/c1-14-5-4-6-15(11-14)12-22-16-9-10-19(23-13-16)20(25)24-18-8-3-2-7-17(18)21/h2-11,13,22H,12H2,1H3,(H,24,25). The Morgan fingerprint density at radius 2 is 1.92 bits per heavy atom. The van der Waals surface area contributed by atoms with Gasteiger partial charge < -0.3 is 10.6 Å². The number of halogens is 1. The molecule has 2 aromatic carbocycles. The minimum absolute atomic E-state index is 0.239. The average molecular weight is 396 g/mol. The van der Waals surface area contributed by atoms with Crippen LogP contribution >= 0.6 is 15.9 Å². The number of rotatable bonds is 5. The zero-order valence-corrected chi connectivity index (χ0v) is 15.4. The molecule has 126 valence electrons. The van der Waals surface area contributed by atoms with E-state index in [-0.39, 0.29) is 5.91 Å². The first kappa shape index (κ1) is 17.2. The monoisotopic (exact) mass is 395 g/mol. The highest BCUT2D eigenvalue weighted by molar-refractivity contribution is 9.10. The van der Waals surface area contributed by atoms with Crippen LogP contribution in [0.25, 0.3) is 0 Å². The number of amides is 1. The van der Waals surface area contributed by atoms with Crippen LogP contribution in [0.2, 0.25) is 0 Å². The zero-order valence-electron chi connectivity index (χ0n) is 13.8. The fourth-order valence-corrected chi connectivity index (χ4v) is 2.79. The summed E-state index contributed by atoms with van der Waals surface area (Å²) in [7, 11) is 0. The van der Waals surface area contributed by atoms with Crippen LogP contribution in [0, 0.1) is 6.92 Å². The molecule has 3 aromatic rings. The van der Waals surface area contributed by atoms with Crippen molar-refractivity contribution in [1.29, 1.82) is 0 Å². The first-order chi connectivity index (χ1) is 12.1. The van der Waals surface area contributed by atoms with E-state index < -0.39 is 0 Å². The summed E-state index contributed by atoms with van der Waals surface area (Å²) in [6.07, 6.45) is 1.67. The summed E-state index contributed by atoms with van der Waals surface area (Å²) in [4.78, 5) is 16.5. The molecule has 0 saturated heterocycles. The molecule has 5 heteroatoms. The Balaban J connectivity index is 1.61. The van der Waals surface area contributed by atoms with Gasteiger partial charge in [-0.1, -0.05) is 42.0 Å². The Labute approximate surface area is 155 Å². The number of hydrogen-bond donors (Lipinski definition) is 2. The summed E-state index contributed by atoms with van der Waals surface area (Å²) in [6, 6.07) is 19.4. The molecule has 4 nitrogen and oxygen atoms in total. The molecule has 25 heavy (non-hydrogen) atoms. The van der Waals surface area contributed by atoms with Gasteiger partial charge in [-0.15, -0.1) is 0 Å². The lowest BCUT2D eigenvalue weighted by molar-refractivity contribution is 0.102. The van der Waals surface area contributed by atoms with Crippen LogP contribution in [0.15, 0.2) is 71.3 Å². The van der Waals surface area contributed by atoms with Gasteiger partial charge in [-0.25, -0.2) is 4.98 Å². The number of anilines is 2. The Morgan fingerprint density at radius 1 is 1.08 bits per heavy atom. The van der Waals surface area contributed by atoms with Crippen molar-refractivity contribution in [2.45, 2.75) is 13.5 Å². The average Bonchev–Trinajstić information content (AvgIpc) is 2.62. The van der Waals surface area contributed by atoms with Gasteiger partial charge in [-0.2, -0.15) is 0 Å². The molecule has 0 aliphatic carbocycles. The lowest BCUT2D eigenvalue weighted by atomic mass is 10.1. The van der Waals surface area contributed by atoms with E-state index in [9.17, 15) is 4.79 Å². The fraction of sp³-hybridized carbons (Fsp3) is 0.100. The summed E-state index contributed by atoms with van der Waals surface area (Å²) in [5.41, 5.74) is 4.40. The molecule has 0 unspecified atom stereocenters. The number of benzene rings is 2. The van der Waals surface area contributed by atoms with Crippen molar-refractivity contribution in [1.82, 2.24) is 4.98 Å². The van der Waals surface area contributed by atoms with E-state index in [1.165, 1.54) is 11.1 Å². The number of carbonyl (C=O) groups is 1. The fourth-order valence-electron chi connectivity index (χ4n) is 2.41. The number of hydrogen-bond acceptors (Lipinski definition) is 3. The summed E-state index contributed by atoms with van der Waals surface area (Å²) >= 11 is 3.41. The lowest BCUT2D eigenvalue weighted by Gasteiger charge is -2.09. The maximum atomic E-state index is 12.3. The molecule has 3 rings (SSSR count). The third-order valence-electron chi connectivity index (χ3n) is 3.70. The second-order valence-corrected chi connectivity index (χ2v) is 6.56. The number of para-hydroxylation sites is 1. The predicted octanol–water partition coefficient (Wildman–Crippen LogP) is 5.02. The van der Waals surface area contributed by atoms with Crippen LogP contribution in [0.1, 0.15) is 21.6 Å². The van der Waals surface area contributed by atoms with Crippen molar-refractivity contribution in [3.63, 3.8) is 0 Å². The minimum atomic E-state index is -0.239. The highest BCUT2D eigenvalue weighted by atomic mass is 79.9. The number of aromatic nitrogens is 1. The Hall–Kier alpha value is -2.66. The lowest BCUT2D eigenvalue weighted by Crippen LogP contribution is -2.14. The van der Waals surface area contributed by atoms with Crippen LogP contribution < -0.4 is 10.6 Å². The molecule has 2 N–H and O–H groups in total. The molecule has 1 aromatic heterocycles. The van der Waals surface area contributed by atoms with Gasteiger partial charge in [0.2, 0.25) is 0 Å². The molecule has 0 spiro atoms. The van der Waals surface area contributed by atoms with Gasteiger partial charge in [0.25, 0.3) is 5.91 Å². The van der Waals surface area contributed by atoms with Crippen LogP contribution in [0.3, 0.4) is 0 Å². The van der Waals surface area contributed by atoms with Crippen molar-refractivity contribution in [3.8, 4) is 0 Å². The molecule has 0 saturated carbocycles. The quantitative estimate of drug-likeness (QED) is 0.637. The highest BCUT2D eigenvalue weighted by Gasteiger charge is 2.09. The SMILES string of the molecule is Cc1cccc(CNc2ccc(C(=O)Nc3ccccc3Br)nc2)c1. The number of carbonyl (C=O) groups excluding carboxylic acids is 1. The summed E-state index contributed by atoms with van der Waals surface area (Å²) in [5.74, 6) is -0.239. The van der Waals surface area contributed by atoms with Crippen molar-refractivity contribution in [2.24, 2.45) is 0 Å². The Kier molecular flexibility index (Phi) is 5.46. The number of aryl methyl sites for hydroxylation is 1. The molecule has 0 aliphatic rings. The van der Waals surface area contributed by atoms with Crippen LogP contribution in [-0.2, 0) is 6.54 Å².